The van der Waals surface area contributed by atoms with Crippen molar-refractivity contribution in [2.75, 3.05) is 0 Å². The summed E-state index contributed by atoms with van der Waals surface area (Å²) in [6.45, 7) is 0.324. The Bertz CT molecular complexity index is 1060. The fourth-order valence-corrected chi connectivity index (χ4v) is 3.41. The van der Waals surface area contributed by atoms with Gasteiger partial charge in [0.25, 0.3) is 0 Å². The van der Waals surface area contributed by atoms with E-state index < -0.39 is 17.9 Å². The molecule has 10 heteroatoms. The van der Waals surface area contributed by atoms with Crippen LogP contribution in [0.1, 0.15) is 18.4 Å². The molecule has 0 unspecified atom stereocenters. The van der Waals surface area contributed by atoms with Crippen LogP contribution in [0.5, 0.6) is 11.5 Å². The van der Waals surface area contributed by atoms with Gasteiger partial charge in [-0.05, 0) is 48.6 Å². The van der Waals surface area contributed by atoms with Gasteiger partial charge in [-0.25, -0.2) is 8.78 Å². The first-order chi connectivity index (χ1) is 14.3. The third-order valence-corrected chi connectivity index (χ3v) is 4.97. The van der Waals surface area contributed by atoms with Gasteiger partial charge < -0.3 is 14.8 Å². The summed E-state index contributed by atoms with van der Waals surface area (Å²) in [6.07, 6.45) is -0.782. The molecule has 0 bridgehead atoms. The molecule has 0 atom stereocenters. The van der Waals surface area contributed by atoms with Crippen LogP contribution in [0.4, 0.5) is 22.0 Å². The minimum Gasteiger partial charge on any atom is -0.490 e. The Morgan fingerprint density at radius 3 is 2.52 bits per heavy atom. The van der Waals surface area contributed by atoms with Crippen LogP contribution >= 0.6 is 12.4 Å². The summed E-state index contributed by atoms with van der Waals surface area (Å²) >= 11 is 0. The first kappa shape index (κ1) is 23.0. The minimum atomic E-state index is -4.99. The summed E-state index contributed by atoms with van der Waals surface area (Å²) in [5.74, 6) is -2.28. The lowest BCUT2D eigenvalue weighted by atomic mass is 9.89. The molecule has 1 saturated carbocycles. The van der Waals surface area contributed by atoms with Gasteiger partial charge in [-0.15, -0.1) is 25.6 Å². The second kappa shape index (κ2) is 9.23. The summed E-state index contributed by atoms with van der Waals surface area (Å²) < 4.78 is 73.9. The van der Waals surface area contributed by atoms with E-state index in [1.54, 1.807) is 24.5 Å². The van der Waals surface area contributed by atoms with Crippen LogP contribution < -0.4 is 14.8 Å². The zero-order chi connectivity index (χ0) is 21.3. The molecule has 1 aliphatic carbocycles. The van der Waals surface area contributed by atoms with Gasteiger partial charge in [-0.1, -0.05) is 0 Å². The first-order valence-corrected chi connectivity index (χ1v) is 9.25. The summed E-state index contributed by atoms with van der Waals surface area (Å²) in [7, 11) is 0. The van der Waals surface area contributed by atoms with Crippen molar-refractivity contribution in [3.05, 3.63) is 66.0 Å². The molecule has 4 rings (SSSR count). The average Bonchev–Trinajstić information content (AvgIpc) is 2.66. The van der Waals surface area contributed by atoms with Crippen LogP contribution in [-0.2, 0) is 6.54 Å². The van der Waals surface area contributed by atoms with E-state index >= 15 is 0 Å². The summed E-state index contributed by atoms with van der Waals surface area (Å²) in [5, 5.41) is 4.89. The third kappa shape index (κ3) is 5.54. The lowest BCUT2D eigenvalue weighted by Gasteiger charge is -2.36. The van der Waals surface area contributed by atoms with E-state index in [0.717, 1.165) is 22.9 Å². The van der Waals surface area contributed by atoms with Gasteiger partial charge in [0.15, 0.2) is 11.6 Å². The molecule has 0 amide bonds. The van der Waals surface area contributed by atoms with Gasteiger partial charge in [-0.3, -0.25) is 4.98 Å². The zero-order valence-corrected chi connectivity index (χ0v) is 16.8. The largest absolute Gasteiger partial charge is 0.573 e. The molecule has 1 aromatic heterocycles. The minimum absolute atomic E-state index is 0. The number of pyridine rings is 1. The second-order valence-corrected chi connectivity index (χ2v) is 7.05. The number of hydrogen-bond donors (Lipinski definition) is 1. The van der Waals surface area contributed by atoms with Crippen molar-refractivity contribution < 1.29 is 31.4 Å². The van der Waals surface area contributed by atoms with Crippen LogP contribution in [0, 0.1) is 11.6 Å². The van der Waals surface area contributed by atoms with Crippen LogP contribution in [0.15, 0.2) is 48.8 Å². The summed E-state index contributed by atoms with van der Waals surface area (Å²) in [6, 6.07) is 7.90. The van der Waals surface area contributed by atoms with Crippen molar-refractivity contribution in [2.24, 2.45) is 0 Å². The average molecular weight is 461 g/mol. The van der Waals surface area contributed by atoms with Crippen molar-refractivity contribution in [3.8, 4) is 11.5 Å². The zero-order valence-electron chi connectivity index (χ0n) is 16.0. The Morgan fingerprint density at radius 1 is 1.03 bits per heavy atom. The number of hydrogen-bond acceptors (Lipinski definition) is 4. The normalized spacial score (nSPS) is 18.2. The predicted octanol–water partition coefficient (Wildman–Crippen LogP) is 5.53. The maximum atomic E-state index is 14.2. The highest BCUT2D eigenvalue weighted by Crippen LogP contribution is 2.32. The van der Waals surface area contributed by atoms with Gasteiger partial charge in [0.1, 0.15) is 17.7 Å². The smallest absolute Gasteiger partial charge is 0.490 e. The fraction of sp³-hybridized carbons (Fsp3) is 0.286. The highest BCUT2D eigenvalue weighted by Gasteiger charge is 2.34. The number of rotatable bonds is 6. The highest BCUT2D eigenvalue weighted by atomic mass is 35.5. The second-order valence-electron chi connectivity index (χ2n) is 7.05. The summed E-state index contributed by atoms with van der Waals surface area (Å²) in [4.78, 5) is 4.03. The number of halogens is 6. The molecule has 1 aliphatic rings. The van der Waals surface area contributed by atoms with E-state index in [-0.39, 0.29) is 36.1 Å². The Balaban J connectivity index is 0.00000272. The van der Waals surface area contributed by atoms with Crippen molar-refractivity contribution in [2.45, 2.75) is 37.9 Å². The molecule has 4 nitrogen and oxygen atoms in total. The van der Waals surface area contributed by atoms with Gasteiger partial charge >= 0.3 is 6.36 Å². The molecule has 0 spiro atoms. The number of nitrogens with one attached hydrogen (secondary N) is 1. The number of nitrogens with zero attached hydrogens (tertiary/aromatic N) is 1. The fourth-order valence-electron chi connectivity index (χ4n) is 3.41. The molecular weight excluding hydrogens is 443 g/mol. The number of ether oxygens (including phenoxy) is 2. The van der Waals surface area contributed by atoms with Crippen molar-refractivity contribution in [1.82, 2.24) is 10.3 Å². The molecule has 166 valence electrons. The molecule has 1 fully saturated rings. The number of fused-ring (bicyclic) bond motifs is 1. The highest BCUT2D eigenvalue weighted by molar-refractivity contribution is 5.85. The molecule has 2 aromatic carbocycles. The van der Waals surface area contributed by atoms with E-state index in [2.05, 4.69) is 15.0 Å². The van der Waals surface area contributed by atoms with Gasteiger partial charge in [0.2, 0.25) is 0 Å². The lowest BCUT2D eigenvalue weighted by molar-refractivity contribution is -0.275. The van der Waals surface area contributed by atoms with Crippen LogP contribution in [0.3, 0.4) is 0 Å². The van der Waals surface area contributed by atoms with Crippen molar-refractivity contribution in [3.63, 3.8) is 0 Å². The van der Waals surface area contributed by atoms with Gasteiger partial charge in [0.05, 0.1) is 0 Å². The van der Waals surface area contributed by atoms with Crippen molar-refractivity contribution in [1.29, 1.82) is 0 Å². The van der Waals surface area contributed by atoms with E-state index in [1.807, 2.05) is 0 Å². The first-order valence-electron chi connectivity index (χ1n) is 9.25. The standard InChI is InChI=1S/C21H17F5N2O2.ClH/c22-18-3-1-12-10-27-6-5-16(12)17(18)11-28-13-7-15(8-13)29-14-2-4-19(23)20(9-14)30-21(24,25)26;/h1-6,9-10,13,15,28H,7-8,11H2;1H. The van der Waals surface area contributed by atoms with Crippen LogP contribution in [0.25, 0.3) is 10.8 Å². The molecule has 31 heavy (non-hydrogen) atoms. The number of alkyl halides is 3. The van der Waals surface area contributed by atoms with E-state index in [1.165, 1.54) is 12.1 Å². The van der Waals surface area contributed by atoms with E-state index in [0.29, 0.717) is 24.9 Å². The predicted molar refractivity (Wildman–Crippen MR) is 106 cm³/mol. The van der Waals surface area contributed by atoms with Crippen molar-refractivity contribution >= 4 is 23.2 Å². The molecule has 0 saturated heterocycles. The summed E-state index contributed by atoms with van der Waals surface area (Å²) in [5.41, 5.74) is 0.548. The van der Waals surface area contributed by atoms with Crippen LogP contribution in [-0.4, -0.2) is 23.5 Å². The Morgan fingerprint density at radius 2 is 1.77 bits per heavy atom. The molecule has 1 heterocycles. The lowest BCUT2D eigenvalue weighted by Crippen LogP contribution is -2.46. The van der Waals surface area contributed by atoms with E-state index in [9.17, 15) is 22.0 Å². The molecule has 1 N–H and O–H groups in total. The van der Waals surface area contributed by atoms with E-state index in [4.69, 9.17) is 4.74 Å². The Kier molecular flexibility index (Phi) is 6.86. The SMILES string of the molecule is Cl.Fc1ccc(OC2CC(NCc3c(F)ccc4cnccc34)C2)cc1OC(F)(F)F. The maximum absolute atomic E-state index is 14.2. The third-order valence-electron chi connectivity index (χ3n) is 4.97. The Labute approximate surface area is 180 Å². The number of aromatic nitrogens is 1. The van der Waals surface area contributed by atoms with Crippen LogP contribution in [0.2, 0.25) is 0 Å². The molecular formula is C21H18ClF5N2O2. The van der Waals surface area contributed by atoms with Gasteiger partial charge in [0, 0.05) is 42.0 Å². The topological polar surface area (TPSA) is 43.4 Å². The monoisotopic (exact) mass is 460 g/mol. The number of benzene rings is 2. The Hall–Kier alpha value is -2.65. The van der Waals surface area contributed by atoms with Gasteiger partial charge in [-0.2, -0.15) is 0 Å². The molecule has 3 aromatic rings. The quantitative estimate of drug-likeness (QED) is 0.491. The molecule has 0 radical (unpaired) electrons. The molecule has 0 aliphatic heterocycles. The maximum Gasteiger partial charge on any atom is 0.573 e.